The predicted molar refractivity (Wildman–Crippen MR) is 114 cm³/mol. The standard InChI is InChI=1S/C26H22O5/c27-23(19-12-6-2-7-13-19)26(24(28)20-14-8-3-9-15-20)25-22(29-16-17-30-25)21(31-26)18-10-4-1-5-11-18/h1-15,21-22,25H,16-17H2. The van der Waals surface area contributed by atoms with Gasteiger partial charge in [0.15, 0.2) is 0 Å². The van der Waals surface area contributed by atoms with Crippen LogP contribution in [0.4, 0.5) is 0 Å². The van der Waals surface area contributed by atoms with Gasteiger partial charge in [-0.05, 0) is 5.56 Å². The number of rotatable bonds is 5. The van der Waals surface area contributed by atoms with Crippen molar-refractivity contribution in [1.29, 1.82) is 0 Å². The second-order valence-corrected chi connectivity index (χ2v) is 7.70. The van der Waals surface area contributed by atoms with Crippen molar-refractivity contribution in [1.82, 2.24) is 0 Å². The molecular formula is C26H22O5. The van der Waals surface area contributed by atoms with Crippen LogP contribution in [-0.2, 0) is 14.2 Å². The van der Waals surface area contributed by atoms with E-state index in [0.717, 1.165) is 5.56 Å². The van der Waals surface area contributed by atoms with Crippen LogP contribution in [0.1, 0.15) is 32.4 Å². The smallest absolute Gasteiger partial charge is 0.223 e. The molecule has 0 aromatic heterocycles. The first-order chi connectivity index (χ1) is 15.2. The van der Waals surface area contributed by atoms with E-state index >= 15 is 0 Å². The van der Waals surface area contributed by atoms with E-state index in [4.69, 9.17) is 14.2 Å². The van der Waals surface area contributed by atoms with Gasteiger partial charge >= 0.3 is 0 Å². The van der Waals surface area contributed by atoms with Crippen LogP contribution in [0.5, 0.6) is 0 Å². The van der Waals surface area contributed by atoms with Gasteiger partial charge in [0.05, 0.1) is 13.2 Å². The Labute approximate surface area is 180 Å². The molecule has 31 heavy (non-hydrogen) atoms. The summed E-state index contributed by atoms with van der Waals surface area (Å²) in [5, 5.41) is 0. The third-order valence-corrected chi connectivity index (χ3v) is 5.88. The minimum atomic E-state index is -1.84. The lowest BCUT2D eigenvalue weighted by Crippen LogP contribution is -2.58. The molecule has 0 radical (unpaired) electrons. The molecule has 3 aromatic rings. The fraction of sp³-hybridized carbons (Fsp3) is 0.231. The van der Waals surface area contributed by atoms with Crippen molar-refractivity contribution in [3.8, 4) is 0 Å². The number of ether oxygens (including phenoxy) is 3. The van der Waals surface area contributed by atoms with Crippen LogP contribution in [0.25, 0.3) is 0 Å². The van der Waals surface area contributed by atoms with Crippen molar-refractivity contribution in [3.05, 3.63) is 108 Å². The van der Waals surface area contributed by atoms with Gasteiger partial charge in [-0.3, -0.25) is 9.59 Å². The molecule has 0 amide bonds. The molecule has 2 heterocycles. The van der Waals surface area contributed by atoms with Crippen LogP contribution in [0.3, 0.4) is 0 Å². The van der Waals surface area contributed by atoms with Crippen molar-refractivity contribution in [2.75, 3.05) is 13.2 Å². The molecule has 3 aromatic carbocycles. The number of ketones is 2. The Morgan fingerprint density at radius 3 is 1.71 bits per heavy atom. The van der Waals surface area contributed by atoms with Gasteiger partial charge in [-0.2, -0.15) is 0 Å². The lowest BCUT2D eigenvalue weighted by atomic mass is 9.80. The zero-order valence-corrected chi connectivity index (χ0v) is 16.8. The molecule has 156 valence electrons. The first-order valence-corrected chi connectivity index (χ1v) is 10.4. The Kier molecular flexibility index (Phi) is 5.24. The molecule has 2 aliphatic heterocycles. The van der Waals surface area contributed by atoms with Crippen LogP contribution in [0.15, 0.2) is 91.0 Å². The number of hydrogen-bond donors (Lipinski definition) is 0. The molecule has 5 rings (SSSR count). The Bertz CT molecular complexity index is 1010. The van der Waals surface area contributed by atoms with E-state index in [9.17, 15) is 9.59 Å². The second-order valence-electron chi connectivity index (χ2n) is 7.70. The summed E-state index contributed by atoms with van der Waals surface area (Å²) in [6, 6.07) is 27.0. The predicted octanol–water partition coefficient (Wildman–Crippen LogP) is 4.05. The maximum Gasteiger partial charge on any atom is 0.223 e. The molecule has 5 heteroatoms. The van der Waals surface area contributed by atoms with Crippen LogP contribution in [0.2, 0.25) is 0 Å². The number of fused-ring (bicyclic) bond motifs is 1. The summed E-state index contributed by atoms with van der Waals surface area (Å²) in [5.74, 6) is -0.832. The highest BCUT2D eigenvalue weighted by atomic mass is 16.6. The average molecular weight is 414 g/mol. The topological polar surface area (TPSA) is 61.8 Å². The van der Waals surface area contributed by atoms with E-state index in [0.29, 0.717) is 17.7 Å². The first-order valence-electron chi connectivity index (χ1n) is 10.4. The highest BCUT2D eigenvalue weighted by Gasteiger charge is 2.66. The maximum absolute atomic E-state index is 13.9. The minimum absolute atomic E-state index is 0.290. The number of hydrogen-bond acceptors (Lipinski definition) is 5. The number of Topliss-reactive ketones (excluding diaryl/α,β-unsaturated/α-hetero) is 2. The summed E-state index contributed by atoms with van der Waals surface area (Å²) in [7, 11) is 0. The van der Waals surface area contributed by atoms with E-state index in [1.807, 2.05) is 42.5 Å². The minimum Gasteiger partial charge on any atom is -0.370 e. The SMILES string of the molecule is O=C(c1ccccc1)C1(C(=O)c2ccccc2)OC(c2ccccc2)C2OCCOC21. The summed E-state index contributed by atoms with van der Waals surface area (Å²) in [4.78, 5) is 27.9. The molecule has 2 aliphatic rings. The zero-order valence-electron chi connectivity index (χ0n) is 16.8. The number of benzene rings is 3. The molecule has 2 fully saturated rings. The fourth-order valence-corrected chi connectivity index (χ4v) is 4.45. The van der Waals surface area contributed by atoms with Crippen LogP contribution in [-0.4, -0.2) is 42.6 Å². The van der Waals surface area contributed by atoms with Gasteiger partial charge in [-0.1, -0.05) is 91.0 Å². The monoisotopic (exact) mass is 414 g/mol. The number of carbonyl (C=O) groups excluding carboxylic acids is 2. The number of carbonyl (C=O) groups is 2. The molecular weight excluding hydrogens is 392 g/mol. The molecule has 0 saturated carbocycles. The average Bonchev–Trinajstić information content (AvgIpc) is 3.21. The van der Waals surface area contributed by atoms with Gasteiger partial charge in [0, 0.05) is 11.1 Å². The summed E-state index contributed by atoms with van der Waals surface area (Å²) in [5.41, 5.74) is -0.206. The first kappa shape index (κ1) is 19.8. The van der Waals surface area contributed by atoms with Gasteiger partial charge in [-0.25, -0.2) is 0 Å². The fourth-order valence-electron chi connectivity index (χ4n) is 4.45. The van der Waals surface area contributed by atoms with E-state index in [1.54, 1.807) is 48.5 Å². The Morgan fingerprint density at radius 2 is 1.16 bits per heavy atom. The third kappa shape index (κ3) is 3.31. The maximum atomic E-state index is 13.9. The summed E-state index contributed by atoms with van der Waals surface area (Å²) in [6.07, 6.45) is -2.03. The van der Waals surface area contributed by atoms with Crippen molar-refractivity contribution in [2.45, 2.75) is 23.9 Å². The highest BCUT2D eigenvalue weighted by molar-refractivity contribution is 6.23. The van der Waals surface area contributed by atoms with E-state index < -0.39 is 35.5 Å². The molecule has 0 spiro atoms. The van der Waals surface area contributed by atoms with E-state index in [1.165, 1.54) is 0 Å². The third-order valence-electron chi connectivity index (χ3n) is 5.88. The molecule has 2 saturated heterocycles. The van der Waals surface area contributed by atoms with Gasteiger partial charge in [0.2, 0.25) is 17.2 Å². The van der Waals surface area contributed by atoms with E-state index in [2.05, 4.69) is 0 Å². The molecule has 0 N–H and O–H groups in total. The normalized spacial score (nSPS) is 24.3. The molecule has 0 bridgehead atoms. The Hall–Kier alpha value is -3.12. The lowest BCUT2D eigenvalue weighted by molar-refractivity contribution is -0.137. The van der Waals surface area contributed by atoms with Crippen LogP contribution in [0, 0.1) is 0 Å². The van der Waals surface area contributed by atoms with Gasteiger partial charge in [0.25, 0.3) is 0 Å². The van der Waals surface area contributed by atoms with Crippen LogP contribution < -0.4 is 0 Å². The lowest BCUT2D eigenvalue weighted by Gasteiger charge is -2.35. The molecule has 3 unspecified atom stereocenters. The van der Waals surface area contributed by atoms with Gasteiger partial charge in [-0.15, -0.1) is 0 Å². The van der Waals surface area contributed by atoms with Crippen molar-refractivity contribution in [2.24, 2.45) is 0 Å². The second kappa shape index (κ2) is 8.19. The van der Waals surface area contributed by atoms with Crippen molar-refractivity contribution >= 4 is 11.6 Å². The molecule has 5 nitrogen and oxygen atoms in total. The van der Waals surface area contributed by atoms with Gasteiger partial charge < -0.3 is 14.2 Å². The van der Waals surface area contributed by atoms with Crippen molar-refractivity contribution < 1.29 is 23.8 Å². The summed E-state index contributed by atoms with van der Waals surface area (Å²) >= 11 is 0. The van der Waals surface area contributed by atoms with E-state index in [-0.39, 0.29) is 6.61 Å². The quantitative estimate of drug-likeness (QED) is 0.466. The van der Waals surface area contributed by atoms with Gasteiger partial charge in [0.1, 0.15) is 18.3 Å². The van der Waals surface area contributed by atoms with Crippen molar-refractivity contribution in [3.63, 3.8) is 0 Å². The van der Waals surface area contributed by atoms with Crippen LogP contribution >= 0.6 is 0 Å². The molecule has 0 aliphatic carbocycles. The summed E-state index contributed by atoms with van der Waals surface area (Å²) < 4.78 is 18.6. The zero-order chi connectivity index (χ0) is 21.3. The Balaban J connectivity index is 1.67. The Morgan fingerprint density at radius 1 is 0.677 bits per heavy atom. The highest BCUT2D eigenvalue weighted by Crippen LogP contribution is 2.47. The largest absolute Gasteiger partial charge is 0.370 e. The summed E-state index contributed by atoms with van der Waals surface area (Å²) in [6.45, 7) is 0.668. The molecule has 3 atom stereocenters.